The normalized spacial score (nSPS) is 14.1. The molecule has 1 aliphatic rings. The second-order valence-corrected chi connectivity index (χ2v) is 4.26. The lowest BCUT2D eigenvalue weighted by Crippen LogP contribution is -2.07. The molecule has 0 amide bonds. The van der Waals surface area contributed by atoms with Crippen LogP contribution >= 0.6 is 0 Å². The van der Waals surface area contributed by atoms with Crippen molar-refractivity contribution in [3.63, 3.8) is 0 Å². The number of nitrogens with one attached hydrogen (secondary N) is 1. The number of hydrogen-bond donors (Lipinski definition) is 1. The van der Waals surface area contributed by atoms with Crippen molar-refractivity contribution in [2.75, 3.05) is 0 Å². The van der Waals surface area contributed by atoms with Gasteiger partial charge in [-0.15, -0.1) is 0 Å². The predicted molar refractivity (Wildman–Crippen MR) is 63.0 cm³/mol. The van der Waals surface area contributed by atoms with Crippen molar-refractivity contribution in [1.29, 1.82) is 0 Å². The number of aryl methyl sites for hydroxylation is 1. The summed E-state index contributed by atoms with van der Waals surface area (Å²) in [6.07, 6.45) is 0.936. The van der Waals surface area contributed by atoms with E-state index in [4.69, 9.17) is 0 Å². The van der Waals surface area contributed by atoms with E-state index in [1.54, 1.807) is 0 Å². The van der Waals surface area contributed by atoms with E-state index < -0.39 is 0 Å². The van der Waals surface area contributed by atoms with E-state index in [0.29, 0.717) is 0 Å². The predicted octanol–water partition coefficient (Wildman–Crippen LogP) is 1.61. The lowest BCUT2D eigenvalue weighted by molar-refractivity contribution is 0.658. The molecule has 0 unspecified atom stereocenters. The zero-order chi connectivity index (χ0) is 11.0. The molecule has 0 aliphatic carbocycles. The summed E-state index contributed by atoms with van der Waals surface area (Å²) in [6.45, 7) is 1.92. The summed E-state index contributed by atoms with van der Waals surface area (Å²) < 4.78 is 2.01. The van der Waals surface area contributed by atoms with Crippen molar-refractivity contribution in [3.05, 3.63) is 52.8 Å². The standard InChI is InChI=1S/C13H15N3/c1-16-13-9-14-8-11(13)12(15-16)7-10-5-3-2-4-6-10/h2-6,14H,7-9H2,1H3. The molecule has 0 saturated carbocycles. The van der Waals surface area contributed by atoms with Crippen LogP contribution in [0.15, 0.2) is 30.3 Å². The van der Waals surface area contributed by atoms with Gasteiger partial charge in [0, 0.05) is 32.1 Å². The maximum atomic E-state index is 4.60. The van der Waals surface area contributed by atoms with Gasteiger partial charge >= 0.3 is 0 Å². The van der Waals surface area contributed by atoms with E-state index in [9.17, 15) is 0 Å². The summed E-state index contributed by atoms with van der Waals surface area (Å²) in [7, 11) is 2.03. The molecule has 3 rings (SSSR count). The Bertz CT molecular complexity index is 499. The molecule has 82 valence electrons. The molecule has 2 aromatic rings. The zero-order valence-corrected chi connectivity index (χ0v) is 9.40. The molecule has 16 heavy (non-hydrogen) atoms. The lowest BCUT2D eigenvalue weighted by atomic mass is 10.1. The minimum absolute atomic E-state index is 0.936. The van der Waals surface area contributed by atoms with Crippen molar-refractivity contribution in [2.45, 2.75) is 19.5 Å². The fourth-order valence-corrected chi connectivity index (χ4v) is 2.33. The fraction of sp³-hybridized carbons (Fsp3) is 0.308. The Balaban J connectivity index is 1.94. The summed E-state index contributed by atoms with van der Waals surface area (Å²) in [5, 5.41) is 7.98. The number of rotatable bonds is 2. The number of fused-ring (bicyclic) bond motifs is 1. The first-order valence-electron chi connectivity index (χ1n) is 5.63. The summed E-state index contributed by atoms with van der Waals surface area (Å²) in [6, 6.07) is 10.5. The quantitative estimate of drug-likeness (QED) is 0.821. The number of nitrogens with zero attached hydrogens (tertiary/aromatic N) is 2. The Morgan fingerprint density at radius 1 is 1.25 bits per heavy atom. The molecule has 3 heteroatoms. The molecule has 0 radical (unpaired) electrons. The SMILES string of the molecule is Cn1nc(Cc2ccccc2)c2c1CNC2. The van der Waals surface area contributed by atoms with Gasteiger partial charge in [0.05, 0.1) is 11.4 Å². The Labute approximate surface area is 95.1 Å². The molecule has 1 aliphatic heterocycles. The van der Waals surface area contributed by atoms with Crippen LogP contribution in [0.5, 0.6) is 0 Å². The van der Waals surface area contributed by atoms with Gasteiger partial charge in [-0.25, -0.2) is 0 Å². The summed E-state index contributed by atoms with van der Waals surface area (Å²) in [4.78, 5) is 0. The van der Waals surface area contributed by atoms with Crippen LogP contribution in [0.25, 0.3) is 0 Å². The minimum atomic E-state index is 0.936. The molecule has 1 N–H and O–H groups in total. The third-order valence-electron chi connectivity index (χ3n) is 3.17. The highest BCUT2D eigenvalue weighted by atomic mass is 15.3. The van der Waals surface area contributed by atoms with E-state index >= 15 is 0 Å². The summed E-state index contributed by atoms with van der Waals surface area (Å²) >= 11 is 0. The number of aromatic nitrogens is 2. The van der Waals surface area contributed by atoms with Gasteiger partial charge in [0.15, 0.2) is 0 Å². The molecular formula is C13H15N3. The smallest absolute Gasteiger partial charge is 0.0716 e. The fourth-order valence-electron chi connectivity index (χ4n) is 2.33. The van der Waals surface area contributed by atoms with Gasteiger partial charge in [0.1, 0.15) is 0 Å². The van der Waals surface area contributed by atoms with Crippen LogP contribution < -0.4 is 5.32 Å². The van der Waals surface area contributed by atoms with Crippen LogP contribution in [0.3, 0.4) is 0 Å². The molecule has 1 aromatic carbocycles. The first-order chi connectivity index (χ1) is 7.84. The van der Waals surface area contributed by atoms with Gasteiger partial charge < -0.3 is 5.32 Å². The van der Waals surface area contributed by atoms with Crippen LogP contribution in [-0.2, 0) is 26.6 Å². The molecule has 0 fully saturated rings. The van der Waals surface area contributed by atoms with Gasteiger partial charge in [0.25, 0.3) is 0 Å². The average Bonchev–Trinajstić information content (AvgIpc) is 2.87. The first-order valence-corrected chi connectivity index (χ1v) is 5.63. The highest BCUT2D eigenvalue weighted by Gasteiger charge is 2.20. The Morgan fingerprint density at radius 3 is 2.88 bits per heavy atom. The second-order valence-electron chi connectivity index (χ2n) is 4.26. The molecular weight excluding hydrogens is 198 g/mol. The van der Waals surface area contributed by atoms with E-state index in [2.05, 4.69) is 34.7 Å². The van der Waals surface area contributed by atoms with E-state index in [-0.39, 0.29) is 0 Å². The van der Waals surface area contributed by atoms with Crippen molar-refractivity contribution < 1.29 is 0 Å². The molecule has 1 aromatic heterocycles. The van der Waals surface area contributed by atoms with E-state index in [1.807, 2.05) is 17.8 Å². The summed E-state index contributed by atoms with van der Waals surface area (Å²) in [5.74, 6) is 0. The van der Waals surface area contributed by atoms with E-state index in [1.165, 1.54) is 22.5 Å². The largest absolute Gasteiger partial charge is 0.307 e. The monoisotopic (exact) mass is 213 g/mol. The van der Waals surface area contributed by atoms with Gasteiger partial charge in [-0.1, -0.05) is 30.3 Å². The third kappa shape index (κ3) is 1.53. The minimum Gasteiger partial charge on any atom is -0.307 e. The van der Waals surface area contributed by atoms with Gasteiger partial charge in [0.2, 0.25) is 0 Å². The Morgan fingerprint density at radius 2 is 2.06 bits per heavy atom. The third-order valence-corrected chi connectivity index (χ3v) is 3.17. The maximum Gasteiger partial charge on any atom is 0.0716 e. The maximum absolute atomic E-state index is 4.60. The van der Waals surface area contributed by atoms with Crippen molar-refractivity contribution in [3.8, 4) is 0 Å². The molecule has 0 spiro atoms. The van der Waals surface area contributed by atoms with Crippen molar-refractivity contribution in [2.24, 2.45) is 7.05 Å². The van der Waals surface area contributed by atoms with Crippen molar-refractivity contribution in [1.82, 2.24) is 15.1 Å². The van der Waals surface area contributed by atoms with Crippen LogP contribution in [0.4, 0.5) is 0 Å². The first kappa shape index (κ1) is 9.60. The Kier molecular flexibility index (Phi) is 2.26. The lowest BCUT2D eigenvalue weighted by Gasteiger charge is -2.00. The van der Waals surface area contributed by atoms with Gasteiger partial charge in [-0.2, -0.15) is 5.10 Å². The number of benzene rings is 1. The highest BCUT2D eigenvalue weighted by Crippen LogP contribution is 2.21. The molecule has 0 bridgehead atoms. The molecule has 0 atom stereocenters. The van der Waals surface area contributed by atoms with Crippen LogP contribution in [0.2, 0.25) is 0 Å². The van der Waals surface area contributed by atoms with Crippen LogP contribution in [0.1, 0.15) is 22.5 Å². The van der Waals surface area contributed by atoms with Crippen LogP contribution in [-0.4, -0.2) is 9.78 Å². The average molecular weight is 213 g/mol. The van der Waals surface area contributed by atoms with Crippen molar-refractivity contribution >= 4 is 0 Å². The highest BCUT2D eigenvalue weighted by molar-refractivity contribution is 5.33. The molecule has 3 nitrogen and oxygen atoms in total. The zero-order valence-electron chi connectivity index (χ0n) is 9.40. The van der Waals surface area contributed by atoms with Crippen LogP contribution in [0, 0.1) is 0 Å². The number of hydrogen-bond acceptors (Lipinski definition) is 2. The summed E-state index contributed by atoms with van der Waals surface area (Å²) in [5.41, 5.74) is 5.28. The second kappa shape index (κ2) is 3.76. The van der Waals surface area contributed by atoms with E-state index in [0.717, 1.165) is 19.5 Å². The topological polar surface area (TPSA) is 29.9 Å². The van der Waals surface area contributed by atoms with Gasteiger partial charge in [-0.05, 0) is 5.56 Å². The van der Waals surface area contributed by atoms with Gasteiger partial charge in [-0.3, -0.25) is 4.68 Å². The molecule has 2 heterocycles. The molecule has 0 saturated heterocycles. The Hall–Kier alpha value is -1.61.